The van der Waals surface area contributed by atoms with Gasteiger partial charge in [0, 0.05) is 64.6 Å². The summed E-state index contributed by atoms with van der Waals surface area (Å²) in [5.74, 6) is -1.72. The Kier molecular flexibility index (Phi) is 7.76. The molecule has 3 aromatic carbocycles. The number of anilines is 2. The van der Waals surface area contributed by atoms with Crippen LogP contribution in [0, 0.1) is 0 Å². The van der Waals surface area contributed by atoms with Crippen molar-refractivity contribution in [2.24, 2.45) is 5.10 Å². The number of hydrogen-bond acceptors (Lipinski definition) is 9. The van der Waals surface area contributed by atoms with E-state index >= 15 is 0 Å². The van der Waals surface area contributed by atoms with E-state index < -0.39 is 32.2 Å². The number of ketones is 1. The molecule has 0 bridgehead atoms. The molecule has 0 amide bonds. The number of nitrogens with one attached hydrogen (secondary N) is 1. The third-order valence-electron chi connectivity index (χ3n) is 7.87. The highest BCUT2D eigenvalue weighted by molar-refractivity contribution is 7.95. The summed E-state index contributed by atoms with van der Waals surface area (Å²) >= 11 is 0. The molecule has 3 N–H and O–H groups in total. The number of benzene rings is 4. The maximum atomic E-state index is 13.3. The average Bonchev–Trinajstić information content (AvgIpc) is 3.03. The average molecular weight is 638 g/mol. The van der Waals surface area contributed by atoms with Gasteiger partial charge in [-0.25, -0.2) is 4.79 Å². The van der Waals surface area contributed by atoms with Gasteiger partial charge < -0.3 is 14.4 Å². The number of nitrogens with zero attached hydrogens (tertiary/aromatic N) is 2. The summed E-state index contributed by atoms with van der Waals surface area (Å²) in [5.41, 5.74) is 4.89. The molecule has 2 aliphatic carbocycles. The molecule has 3 aliphatic rings. The summed E-state index contributed by atoms with van der Waals surface area (Å²) in [7, 11) is -4.70. The molecule has 232 valence electrons. The van der Waals surface area contributed by atoms with Crippen LogP contribution in [0.2, 0.25) is 0 Å². The summed E-state index contributed by atoms with van der Waals surface area (Å²) in [6, 6.07) is 21.0. The van der Waals surface area contributed by atoms with E-state index in [1.165, 1.54) is 30.3 Å². The van der Waals surface area contributed by atoms with Crippen molar-refractivity contribution in [1.29, 1.82) is 0 Å². The molecule has 0 saturated heterocycles. The Hall–Kier alpha value is -5.59. The molecule has 3 aromatic rings. The van der Waals surface area contributed by atoms with Crippen LogP contribution in [0.1, 0.15) is 35.3 Å². The Bertz CT molecular complexity index is 2270. The molecule has 11 nitrogen and oxygen atoms in total. The van der Waals surface area contributed by atoms with Crippen LogP contribution in [0.5, 0.6) is 0 Å². The first-order valence-corrected chi connectivity index (χ1v) is 15.7. The van der Waals surface area contributed by atoms with E-state index in [0.717, 1.165) is 24.9 Å². The first-order chi connectivity index (χ1) is 22.0. The van der Waals surface area contributed by atoms with Gasteiger partial charge in [-0.05, 0) is 43.7 Å². The van der Waals surface area contributed by atoms with Gasteiger partial charge in [0.15, 0.2) is 0 Å². The first kappa shape index (κ1) is 30.4. The predicted molar refractivity (Wildman–Crippen MR) is 176 cm³/mol. The van der Waals surface area contributed by atoms with E-state index in [9.17, 15) is 32.5 Å². The molecule has 0 spiro atoms. The molecular weight excluding hydrogens is 610 g/mol. The molecule has 1 aliphatic heterocycles. The summed E-state index contributed by atoms with van der Waals surface area (Å²) < 4.78 is 39.8. The maximum Gasteiger partial charge on any atom is 0.336 e. The van der Waals surface area contributed by atoms with Crippen LogP contribution < -0.4 is 15.8 Å². The maximum absolute atomic E-state index is 13.3. The van der Waals surface area contributed by atoms with Crippen molar-refractivity contribution in [2.45, 2.75) is 13.8 Å². The molecule has 46 heavy (non-hydrogen) atoms. The van der Waals surface area contributed by atoms with Crippen LogP contribution >= 0.6 is 0 Å². The number of hydrazone groups is 1. The predicted octanol–water partition coefficient (Wildman–Crippen LogP) is 5.74. The minimum Gasteiger partial charge on any atom is -0.478 e. The van der Waals surface area contributed by atoms with Crippen molar-refractivity contribution < 1.29 is 32.1 Å². The number of carbonyl (C=O) groups excluding carboxylic acids is 1. The second-order valence-corrected chi connectivity index (χ2v) is 11.9. The van der Waals surface area contributed by atoms with Crippen LogP contribution in [-0.2, 0) is 14.9 Å². The zero-order valence-electron chi connectivity index (χ0n) is 24.6. The minimum atomic E-state index is -4.70. The Morgan fingerprint density at radius 1 is 0.891 bits per heavy atom. The van der Waals surface area contributed by atoms with Gasteiger partial charge in [-0.15, -0.1) is 0 Å². The zero-order chi connectivity index (χ0) is 32.7. The van der Waals surface area contributed by atoms with Crippen LogP contribution in [0.15, 0.2) is 99.3 Å². The van der Waals surface area contributed by atoms with Gasteiger partial charge in [-0.2, -0.15) is 13.5 Å². The van der Waals surface area contributed by atoms with Crippen molar-refractivity contribution in [3.8, 4) is 22.5 Å². The van der Waals surface area contributed by atoms with E-state index in [2.05, 4.69) is 15.4 Å². The van der Waals surface area contributed by atoms with E-state index in [1.54, 1.807) is 30.3 Å². The lowest BCUT2D eigenvalue weighted by Gasteiger charge is -2.23. The van der Waals surface area contributed by atoms with Crippen molar-refractivity contribution in [2.75, 3.05) is 23.4 Å². The molecule has 0 aromatic heterocycles. The lowest BCUT2D eigenvalue weighted by Crippen LogP contribution is -2.24. The van der Waals surface area contributed by atoms with Gasteiger partial charge in [0.05, 0.1) is 5.56 Å². The highest BCUT2D eigenvalue weighted by Gasteiger charge is 2.30. The number of carboxylic acids is 1. The van der Waals surface area contributed by atoms with Gasteiger partial charge in [-0.3, -0.25) is 19.6 Å². The molecule has 0 saturated carbocycles. The third-order valence-corrected chi connectivity index (χ3v) is 8.76. The van der Waals surface area contributed by atoms with Crippen molar-refractivity contribution >= 4 is 54.8 Å². The van der Waals surface area contributed by atoms with E-state index in [1.807, 2.05) is 32.0 Å². The Morgan fingerprint density at radius 3 is 2.24 bits per heavy atom. The number of fused-ring (bicyclic) bond motifs is 3. The van der Waals surface area contributed by atoms with E-state index in [4.69, 9.17) is 4.42 Å². The SMILES string of the molecule is CCN(CC)c1ccc2c(-c3ccccc3C(=O)O)c3cc(NN=C4C(=O)C=C(S(=O)(=O)O)c5ccccc54)c(=O)cc-3oc2c1. The van der Waals surface area contributed by atoms with Crippen LogP contribution in [0.25, 0.3) is 38.3 Å². The standard InChI is InChI=1S/C34H27N3O8S/c1-3-37(4-2)19-13-14-24-29(15-19)45-30-17-27(38)26(16-25(30)32(24)21-10-6-8-12-23(21)34(40)41)35-36-33-22-11-7-5-9-20(22)31(18-28(33)39)46(42,43)44/h5-18,35H,3-4H2,1-2H3,(H,40,41)(H,42,43,44). The number of allylic oxidation sites excluding steroid dienone is 1. The monoisotopic (exact) mass is 637 g/mol. The molecule has 0 fully saturated rings. The summed E-state index contributed by atoms with van der Waals surface area (Å²) in [4.78, 5) is 40.2. The largest absolute Gasteiger partial charge is 0.478 e. The topological polar surface area (TPSA) is 167 Å². The molecule has 12 heteroatoms. The number of carboxylic acid groups (broad SMARTS) is 1. The lowest BCUT2D eigenvalue weighted by atomic mass is 9.90. The summed E-state index contributed by atoms with van der Waals surface area (Å²) in [5, 5.41) is 14.9. The third kappa shape index (κ3) is 5.33. The Balaban J connectivity index is 1.56. The fourth-order valence-electron chi connectivity index (χ4n) is 5.70. The van der Waals surface area contributed by atoms with Crippen molar-refractivity contribution in [3.05, 3.63) is 112 Å². The van der Waals surface area contributed by atoms with Crippen LogP contribution in [-0.4, -0.2) is 48.6 Å². The second kappa shape index (κ2) is 11.7. The smallest absolute Gasteiger partial charge is 0.336 e. The van der Waals surface area contributed by atoms with E-state index in [-0.39, 0.29) is 33.8 Å². The first-order valence-electron chi connectivity index (χ1n) is 14.3. The molecular formula is C34H27N3O8S. The quantitative estimate of drug-likeness (QED) is 0.109. The zero-order valence-corrected chi connectivity index (χ0v) is 25.5. The van der Waals surface area contributed by atoms with Crippen LogP contribution in [0.3, 0.4) is 0 Å². The van der Waals surface area contributed by atoms with Gasteiger partial charge in [0.1, 0.15) is 27.6 Å². The van der Waals surface area contributed by atoms with Gasteiger partial charge in [0.2, 0.25) is 11.2 Å². The normalized spacial score (nSPS) is 13.9. The molecule has 0 radical (unpaired) electrons. The highest BCUT2D eigenvalue weighted by atomic mass is 32.2. The molecule has 6 rings (SSSR count). The fraction of sp³-hybridized carbons (Fsp3) is 0.118. The number of rotatable bonds is 8. The Labute approximate surface area is 263 Å². The number of carbonyl (C=O) groups is 2. The Morgan fingerprint density at radius 2 is 1.57 bits per heavy atom. The lowest BCUT2D eigenvalue weighted by molar-refractivity contribution is -0.108. The highest BCUT2D eigenvalue weighted by Crippen LogP contribution is 2.43. The van der Waals surface area contributed by atoms with Crippen LogP contribution in [0.4, 0.5) is 11.4 Å². The minimum absolute atomic E-state index is 0.0433. The van der Waals surface area contributed by atoms with Gasteiger partial charge in [0.25, 0.3) is 10.1 Å². The van der Waals surface area contributed by atoms with Crippen molar-refractivity contribution in [1.82, 2.24) is 0 Å². The summed E-state index contributed by atoms with van der Waals surface area (Å²) in [6.07, 6.45) is 0.773. The molecule has 0 atom stereocenters. The number of aromatic carboxylic acids is 1. The number of hydrogen-bond donors (Lipinski definition) is 3. The van der Waals surface area contributed by atoms with Gasteiger partial charge >= 0.3 is 5.97 Å². The van der Waals surface area contributed by atoms with E-state index in [0.29, 0.717) is 27.7 Å². The second-order valence-electron chi connectivity index (χ2n) is 10.5. The van der Waals surface area contributed by atoms with Crippen molar-refractivity contribution in [3.63, 3.8) is 0 Å². The molecule has 1 heterocycles. The fourth-order valence-corrected chi connectivity index (χ4v) is 6.42. The molecule has 0 unspecified atom stereocenters. The van der Waals surface area contributed by atoms with Gasteiger partial charge in [-0.1, -0.05) is 42.5 Å². The summed E-state index contributed by atoms with van der Waals surface area (Å²) in [6.45, 7) is 5.58.